The number of phosphoric acid groups is 1. The fourth-order valence-corrected chi connectivity index (χ4v) is 8.17. The van der Waals surface area contributed by atoms with Gasteiger partial charge in [0.15, 0.2) is 0 Å². The lowest BCUT2D eigenvalue weighted by molar-refractivity contribution is -0.870. The Morgan fingerprint density at radius 1 is 0.576 bits per heavy atom. The second-order valence-electron chi connectivity index (χ2n) is 18.5. The molecule has 59 heavy (non-hydrogen) atoms. The van der Waals surface area contributed by atoms with Crippen LogP contribution in [0, 0.1) is 0 Å². The van der Waals surface area contributed by atoms with Crippen LogP contribution in [-0.4, -0.2) is 73.4 Å². The standard InChI is InChI=1S/C50H99N2O6P/c1-6-8-10-12-14-16-18-20-22-24-26-28-30-32-34-36-38-40-42-44-50(54)51-48(47-58-59(55,56)57-46-45-52(3,4)5)49(53)43-41-39-37-35-33-31-29-27-25-23-21-19-17-15-13-11-9-7-2/h14,16,20,22,48-49,53H,6-13,15,17-19,21,23-47H2,1-5H3,(H-,51,54,55,56)/p+1/b16-14-,22-20-. The first-order chi connectivity index (χ1) is 28.5. The molecule has 9 heteroatoms. The molecule has 350 valence electrons. The highest BCUT2D eigenvalue weighted by atomic mass is 31.2. The van der Waals surface area contributed by atoms with E-state index >= 15 is 0 Å². The molecule has 0 aliphatic carbocycles. The smallest absolute Gasteiger partial charge is 0.391 e. The highest BCUT2D eigenvalue weighted by Gasteiger charge is 2.28. The molecule has 8 nitrogen and oxygen atoms in total. The number of phosphoric ester groups is 1. The normalized spacial score (nSPS) is 14.4. The lowest BCUT2D eigenvalue weighted by atomic mass is 10.0. The number of carbonyl (C=O) groups excluding carboxylic acids is 1. The number of allylic oxidation sites excluding steroid dienone is 4. The maximum Gasteiger partial charge on any atom is 0.472 e. The summed E-state index contributed by atoms with van der Waals surface area (Å²) in [6.45, 7) is 4.88. The summed E-state index contributed by atoms with van der Waals surface area (Å²) in [6, 6.07) is -0.761. The number of likely N-dealkylation sites (N-methyl/N-ethyl adjacent to an activating group) is 1. The molecule has 0 rings (SSSR count). The molecule has 3 unspecified atom stereocenters. The van der Waals surface area contributed by atoms with Gasteiger partial charge in [0.1, 0.15) is 13.2 Å². The first-order valence-corrected chi connectivity index (χ1v) is 26.7. The number of nitrogens with zero attached hydrogens (tertiary/aromatic N) is 1. The Kier molecular flexibility index (Phi) is 41.6. The Morgan fingerprint density at radius 2 is 0.966 bits per heavy atom. The van der Waals surface area contributed by atoms with Gasteiger partial charge in [0.2, 0.25) is 5.91 Å². The molecule has 0 fully saturated rings. The lowest BCUT2D eigenvalue weighted by Crippen LogP contribution is -2.46. The molecule has 0 aromatic rings. The van der Waals surface area contributed by atoms with E-state index in [4.69, 9.17) is 9.05 Å². The van der Waals surface area contributed by atoms with Crippen molar-refractivity contribution in [3.05, 3.63) is 24.3 Å². The lowest BCUT2D eigenvalue weighted by Gasteiger charge is -2.26. The SMILES string of the molecule is CCCCC/C=C\C/C=C\CCCCCCCCCCCC(=O)NC(COP(=O)(O)OCC[N+](C)(C)C)C(O)CCCCCCCCCCCCCCCCCCCC. The molecule has 3 atom stereocenters. The van der Waals surface area contributed by atoms with Crippen LogP contribution in [0.3, 0.4) is 0 Å². The minimum Gasteiger partial charge on any atom is -0.391 e. The monoisotopic (exact) mass is 856 g/mol. The number of rotatable bonds is 46. The maximum atomic E-state index is 12.9. The first-order valence-electron chi connectivity index (χ1n) is 25.2. The third-order valence-electron chi connectivity index (χ3n) is 11.5. The van der Waals surface area contributed by atoms with E-state index in [-0.39, 0.29) is 19.1 Å². The Labute approximate surface area is 366 Å². The molecule has 0 bridgehead atoms. The van der Waals surface area contributed by atoms with Gasteiger partial charge in [-0.05, 0) is 44.9 Å². The average Bonchev–Trinajstić information content (AvgIpc) is 3.19. The van der Waals surface area contributed by atoms with Crippen LogP contribution in [0.1, 0.15) is 239 Å². The van der Waals surface area contributed by atoms with Crippen LogP contribution in [0.4, 0.5) is 0 Å². The molecule has 0 aliphatic rings. The minimum atomic E-state index is -4.32. The van der Waals surface area contributed by atoms with Crippen molar-refractivity contribution in [3.8, 4) is 0 Å². The molecule has 0 saturated heterocycles. The Balaban J connectivity index is 4.27. The van der Waals surface area contributed by atoms with Crippen LogP contribution in [-0.2, 0) is 18.4 Å². The van der Waals surface area contributed by atoms with Gasteiger partial charge < -0.3 is 19.8 Å². The van der Waals surface area contributed by atoms with Crippen molar-refractivity contribution in [3.63, 3.8) is 0 Å². The molecule has 0 heterocycles. The van der Waals surface area contributed by atoms with E-state index in [2.05, 4.69) is 43.5 Å². The Morgan fingerprint density at radius 3 is 1.42 bits per heavy atom. The summed E-state index contributed by atoms with van der Waals surface area (Å²) >= 11 is 0. The van der Waals surface area contributed by atoms with Crippen molar-refractivity contribution in [2.45, 2.75) is 251 Å². The van der Waals surface area contributed by atoms with Gasteiger partial charge in [0.25, 0.3) is 0 Å². The van der Waals surface area contributed by atoms with Gasteiger partial charge in [0.05, 0.1) is 39.9 Å². The second kappa shape index (κ2) is 42.3. The summed E-state index contributed by atoms with van der Waals surface area (Å²) in [6.07, 6.45) is 50.6. The number of unbranched alkanes of at least 4 members (excludes halogenated alkanes) is 29. The van der Waals surface area contributed by atoms with Crippen LogP contribution < -0.4 is 5.32 Å². The van der Waals surface area contributed by atoms with Crippen LogP contribution in [0.25, 0.3) is 0 Å². The number of hydrogen-bond acceptors (Lipinski definition) is 5. The quantitative estimate of drug-likeness (QED) is 0.0244. The van der Waals surface area contributed by atoms with Gasteiger partial charge in [-0.15, -0.1) is 0 Å². The molecule has 0 aromatic carbocycles. The minimum absolute atomic E-state index is 0.0747. The van der Waals surface area contributed by atoms with Crippen LogP contribution in [0.2, 0.25) is 0 Å². The summed E-state index contributed by atoms with van der Waals surface area (Å²) in [5.41, 5.74) is 0. The number of quaternary nitrogens is 1. The molecule has 0 radical (unpaired) electrons. The van der Waals surface area contributed by atoms with Crippen molar-refractivity contribution in [1.82, 2.24) is 5.32 Å². The number of nitrogens with one attached hydrogen (secondary N) is 1. The van der Waals surface area contributed by atoms with E-state index < -0.39 is 20.0 Å². The van der Waals surface area contributed by atoms with Crippen molar-refractivity contribution in [2.24, 2.45) is 0 Å². The molecule has 3 N–H and O–H groups in total. The van der Waals surface area contributed by atoms with Crippen LogP contribution >= 0.6 is 7.82 Å². The predicted octanol–water partition coefficient (Wildman–Crippen LogP) is 14.5. The van der Waals surface area contributed by atoms with Crippen molar-refractivity contribution >= 4 is 13.7 Å². The number of carbonyl (C=O) groups is 1. The topological polar surface area (TPSA) is 105 Å². The summed E-state index contributed by atoms with van der Waals surface area (Å²) in [4.78, 5) is 23.2. The van der Waals surface area contributed by atoms with E-state index in [1.807, 2.05) is 21.1 Å². The van der Waals surface area contributed by atoms with Crippen LogP contribution in [0.15, 0.2) is 24.3 Å². The predicted molar refractivity (Wildman–Crippen MR) is 254 cm³/mol. The van der Waals surface area contributed by atoms with Gasteiger partial charge in [0, 0.05) is 6.42 Å². The fourth-order valence-electron chi connectivity index (χ4n) is 7.43. The number of aliphatic hydroxyl groups excluding tert-OH is 1. The molecule has 0 aliphatic heterocycles. The van der Waals surface area contributed by atoms with E-state index in [0.717, 1.165) is 44.9 Å². The number of aliphatic hydroxyl groups is 1. The average molecular weight is 856 g/mol. The van der Waals surface area contributed by atoms with Gasteiger partial charge in [-0.3, -0.25) is 13.8 Å². The number of amides is 1. The van der Waals surface area contributed by atoms with Gasteiger partial charge in [-0.25, -0.2) is 4.57 Å². The Hall–Kier alpha value is -1.02. The summed E-state index contributed by atoms with van der Waals surface area (Å²) in [7, 11) is 1.62. The zero-order chi connectivity index (χ0) is 43.6. The summed E-state index contributed by atoms with van der Waals surface area (Å²) < 4.78 is 23.7. The number of hydrogen-bond donors (Lipinski definition) is 3. The van der Waals surface area contributed by atoms with Crippen molar-refractivity contribution in [2.75, 3.05) is 40.9 Å². The largest absolute Gasteiger partial charge is 0.472 e. The first kappa shape index (κ1) is 58.0. The maximum absolute atomic E-state index is 12.9. The van der Waals surface area contributed by atoms with E-state index in [9.17, 15) is 19.4 Å². The van der Waals surface area contributed by atoms with Gasteiger partial charge in [-0.2, -0.15) is 0 Å². The highest BCUT2D eigenvalue weighted by Crippen LogP contribution is 2.43. The van der Waals surface area contributed by atoms with E-state index in [0.29, 0.717) is 23.9 Å². The van der Waals surface area contributed by atoms with Crippen LogP contribution in [0.5, 0.6) is 0 Å². The highest BCUT2D eigenvalue weighted by molar-refractivity contribution is 7.47. The molecule has 0 spiro atoms. The van der Waals surface area contributed by atoms with Crippen molar-refractivity contribution in [1.29, 1.82) is 0 Å². The fraction of sp³-hybridized carbons (Fsp3) is 0.900. The second-order valence-corrected chi connectivity index (χ2v) is 20.0. The summed E-state index contributed by atoms with van der Waals surface area (Å²) in [5, 5.41) is 14.0. The zero-order valence-electron chi connectivity index (χ0n) is 39.8. The molecule has 1 amide bonds. The summed E-state index contributed by atoms with van der Waals surface area (Å²) in [5.74, 6) is -0.147. The van der Waals surface area contributed by atoms with E-state index in [1.165, 1.54) is 167 Å². The Bertz CT molecular complexity index is 1020. The molecule has 0 aromatic heterocycles. The van der Waals surface area contributed by atoms with Gasteiger partial charge in [-0.1, -0.05) is 212 Å². The molecular formula is C50H100N2O6P+. The van der Waals surface area contributed by atoms with Crippen molar-refractivity contribution < 1.29 is 32.9 Å². The zero-order valence-corrected chi connectivity index (χ0v) is 40.7. The molecule has 0 saturated carbocycles. The molecular weight excluding hydrogens is 756 g/mol. The van der Waals surface area contributed by atoms with E-state index in [1.54, 1.807) is 0 Å². The van der Waals surface area contributed by atoms with Gasteiger partial charge >= 0.3 is 7.82 Å². The third-order valence-corrected chi connectivity index (χ3v) is 12.4. The third kappa shape index (κ3) is 44.8.